The van der Waals surface area contributed by atoms with Crippen molar-refractivity contribution in [3.63, 3.8) is 0 Å². The van der Waals surface area contributed by atoms with Crippen LogP contribution in [0.1, 0.15) is 18.4 Å². The van der Waals surface area contributed by atoms with Crippen LogP contribution in [-0.2, 0) is 16.1 Å². The highest BCUT2D eigenvalue weighted by molar-refractivity contribution is 5.75. The molecule has 0 amide bonds. The number of carbonyl (C=O) groups is 1. The summed E-state index contributed by atoms with van der Waals surface area (Å²) < 4.78 is 10.2. The minimum absolute atomic E-state index is 0.187. The Morgan fingerprint density at radius 3 is 2.56 bits per heavy atom. The normalized spacial score (nSPS) is 17.4. The van der Waals surface area contributed by atoms with Gasteiger partial charge in [0.15, 0.2) is 0 Å². The number of aryl methyl sites for hydroxylation is 1. The molecule has 3 rings (SSSR count). The highest BCUT2D eigenvalue weighted by atomic mass is 16.5. The second-order valence-corrected chi connectivity index (χ2v) is 6.39. The van der Waals surface area contributed by atoms with Gasteiger partial charge in [0.25, 0.3) is 0 Å². The lowest BCUT2D eigenvalue weighted by Crippen LogP contribution is -2.51. The van der Waals surface area contributed by atoms with Gasteiger partial charge in [0.05, 0.1) is 13.7 Å². The first kappa shape index (κ1) is 17.6. The van der Waals surface area contributed by atoms with E-state index in [0.717, 1.165) is 31.7 Å². The molecule has 7 heteroatoms. The van der Waals surface area contributed by atoms with Gasteiger partial charge in [-0.15, -0.1) is 0 Å². The van der Waals surface area contributed by atoms with Crippen LogP contribution in [0.5, 0.6) is 0 Å². The number of hydrogen-bond acceptors (Lipinski definition) is 7. The van der Waals surface area contributed by atoms with Crippen molar-refractivity contribution < 1.29 is 14.1 Å². The number of esters is 1. The molecule has 0 aliphatic carbocycles. The van der Waals surface area contributed by atoms with Gasteiger partial charge in [0, 0.05) is 31.7 Å². The SMILES string of the molecule is COC(=O)C(C)N1CCN(Cc2nc(-c3ccc(C)cc3)no2)CC1. The van der Waals surface area contributed by atoms with Crippen molar-refractivity contribution >= 4 is 5.97 Å². The monoisotopic (exact) mass is 344 g/mol. The fraction of sp³-hybridized carbons (Fsp3) is 0.500. The molecule has 0 spiro atoms. The highest BCUT2D eigenvalue weighted by Crippen LogP contribution is 2.17. The molecule has 1 aromatic heterocycles. The van der Waals surface area contributed by atoms with Crippen LogP contribution in [0.2, 0.25) is 0 Å². The number of aromatic nitrogens is 2. The van der Waals surface area contributed by atoms with Gasteiger partial charge in [-0.25, -0.2) is 0 Å². The average molecular weight is 344 g/mol. The molecule has 1 aromatic carbocycles. The fourth-order valence-electron chi connectivity index (χ4n) is 2.96. The molecule has 2 aromatic rings. The maximum absolute atomic E-state index is 11.6. The van der Waals surface area contributed by atoms with E-state index >= 15 is 0 Å². The Bertz CT molecular complexity index is 705. The molecule has 2 heterocycles. The fourth-order valence-corrected chi connectivity index (χ4v) is 2.96. The summed E-state index contributed by atoms with van der Waals surface area (Å²) in [6.45, 7) is 7.89. The second kappa shape index (κ2) is 7.76. The lowest BCUT2D eigenvalue weighted by atomic mass is 10.1. The van der Waals surface area contributed by atoms with Gasteiger partial charge < -0.3 is 9.26 Å². The molecule has 1 fully saturated rings. The Labute approximate surface area is 147 Å². The van der Waals surface area contributed by atoms with Crippen molar-refractivity contribution in [1.29, 1.82) is 0 Å². The van der Waals surface area contributed by atoms with E-state index in [4.69, 9.17) is 9.26 Å². The maximum Gasteiger partial charge on any atom is 0.322 e. The van der Waals surface area contributed by atoms with E-state index in [9.17, 15) is 4.79 Å². The molecule has 0 bridgehead atoms. The van der Waals surface area contributed by atoms with Crippen molar-refractivity contribution in [1.82, 2.24) is 19.9 Å². The first-order chi connectivity index (χ1) is 12.1. The van der Waals surface area contributed by atoms with Gasteiger partial charge >= 0.3 is 5.97 Å². The predicted octanol–water partition coefficient (Wildman–Crippen LogP) is 1.72. The van der Waals surface area contributed by atoms with Crippen molar-refractivity contribution in [3.8, 4) is 11.4 Å². The Morgan fingerprint density at radius 2 is 1.92 bits per heavy atom. The minimum Gasteiger partial charge on any atom is -0.468 e. The molecule has 1 aliphatic rings. The van der Waals surface area contributed by atoms with Crippen LogP contribution >= 0.6 is 0 Å². The number of methoxy groups -OCH3 is 1. The lowest BCUT2D eigenvalue weighted by Gasteiger charge is -2.36. The molecular weight excluding hydrogens is 320 g/mol. The largest absolute Gasteiger partial charge is 0.468 e. The van der Waals surface area contributed by atoms with E-state index in [-0.39, 0.29) is 12.0 Å². The number of benzene rings is 1. The minimum atomic E-state index is -0.205. The van der Waals surface area contributed by atoms with Gasteiger partial charge in [0.2, 0.25) is 11.7 Å². The zero-order chi connectivity index (χ0) is 17.8. The van der Waals surface area contributed by atoms with Crippen LogP contribution in [-0.4, -0.2) is 65.2 Å². The number of carbonyl (C=O) groups excluding carboxylic acids is 1. The van der Waals surface area contributed by atoms with Crippen LogP contribution in [0.25, 0.3) is 11.4 Å². The van der Waals surface area contributed by atoms with E-state index in [1.54, 1.807) is 0 Å². The molecular formula is C18H24N4O3. The summed E-state index contributed by atoms with van der Waals surface area (Å²) in [5.74, 6) is 1.05. The first-order valence-corrected chi connectivity index (χ1v) is 8.50. The Hall–Kier alpha value is -2.25. The van der Waals surface area contributed by atoms with Crippen molar-refractivity contribution in [2.75, 3.05) is 33.3 Å². The number of piperazine rings is 1. The summed E-state index contributed by atoms with van der Waals surface area (Å²) in [6.07, 6.45) is 0. The van der Waals surface area contributed by atoms with Gasteiger partial charge in [-0.1, -0.05) is 35.0 Å². The van der Waals surface area contributed by atoms with E-state index in [1.807, 2.05) is 38.1 Å². The summed E-state index contributed by atoms with van der Waals surface area (Å²) in [7, 11) is 1.43. The first-order valence-electron chi connectivity index (χ1n) is 8.50. The maximum atomic E-state index is 11.6. The van der Waals surface area contributed by atoms with E-state index in [1.165, 1.54) is 12.7 Å². The van der Waals surface area contributed by atoms with Gasteiger partial charge in [-0.2, -0.15) is 4.98 Å². The Morgan fingerprint density at radius 1 is 1.24 bits per heavy atom. The Kier molecular flexibility index (Phi) is 5.45. The van der Waals surface area contributed by atoms with Crippen LogP contribution in [0.4, 0.5) is 0 Å². The van der Waals surface area contributed by atoms with Crippen LogP contribution in [0, 0.1) is 6.92 Å². The summed E-state index contributed by atoms with van der Waals surface area (Å²) in [5, 5.41) is 4.07. The molecule has 1 aliphatic heterocycles. The molecule has 0 N–H and O–H groups in total. The molecule has 134 valence electrons. The lowest BCUT2D eigenvalue weighted by molar-refractivity contribution is -0.147. The summed E-state index contributed by atoms with van der Waals surface area (Å²) >= 11 is 0. The molecule has 0 saturated carbocycles. The topological polar surface area (TPSA) is 71.7 Å². The molecule has 1 unspecified atom stereocenters. The van der Waals surface area contributed by atoms with Gasteiger partial charge in [0.1, 0.15) is 6.04 Å². The van der Waals surface area contributed by atoms with E-state index < -0.39 is 0 Å². The number of rotatable bonds is 5. The number of ether oxygens (including phenoxy) is 1. The van der Waals surface area contributed by atoms with E-state index in [0.29, 0.717) is 18.3 Å². The summed E-state index contributed by atoms with van der Waals surface area (Å²) in [4.78, 5) is 20.5. The van der Waals surface area contributed by atoms with Crippen molar-refractivity contribution in [2.45, 2.75) is 26.4 Å². The molecule has 7 nitrogen and oxygen atoms in total. The highest BCUT2D eigenvalue weighted by Gasteiger charge is 2.26. The summed E-state index contributed by atoms with van der Waals surface area (Å²) in [6, 6.07) is 7.86. The third kappa shape index (κ3) is 4.24. The molecule has 1 atom stereocenters. The molecule has 25 heavy (non-hydrogen) atoms. The quantitative estimate of drug-likeness (QED) is 0.765. The molecule has 1 saturated heterocycles. The Balaban J connectivity index is 1.54. The molecule has 0 radical (unpaired) electrons. The average Bonchev–Trinajstić information content (AvgIpc) is 3.10. The third-order valence-corrected chi connectivity index (χ3v) is 4.63. The predicted molar refractivity (Wildman–Crippen MR) is 92.8 cm³/mol. The number of nitrogens with zero attached hydrogens (tertiary/aromatic N) is 4. The van der Waals surface area contributed by atoms with Crippen LogP contribution in [0.3, 0.4) is 0 Å². The van der Waals surface area contributed by atoms with Crippen LogP contribution < -0.4 is 0 Å². The van der Waals surface area contributed by atoms with Crippen molar-refractivity contribution in [2.24, 2.45) is 0 Å². The van der Waals surface area contributed by atoms with Crippen LogP contribution in [0.15, 0.2) is 28.8 Å². The zero-order valence-corrected chi connectivity index (χ0v) is 14.9. The standard InChI is InChI=1S/C18H24N4O3/c1-13-4-6-15(7-5-13)17-19-16(25-20-17)12-21-8-10-22(11-9-21)14(2)18(23)24-3/h4-7,14H,8-12H2,1-3H3. The van der Waals surface area contributed by atoms with Crippen molar-refractivity contribution in [3.05, 3.63) is 35.7 Å². The smallest absolute Gasteiger partial charge is 0.322 e. The second-order valence-electron chi connectivity index (χ2n) is 6.39. The summed E-state index contributed by atoms with van der Waals surface area (Å²) in [5.41, 5.74) is 2.16. The third-order valence-electron chi connectivity index (χ3n) is 4.63. The number of hydrogen-bond donors (Lipinski definition) is 0. The zero-order valence-electron chi connectivity index (χ0n) is 14.9. The van der Waals surface area contributed by atoms with Gasteiger partial charge in [-0.3, -0.25) is 14.6 Å². The van der Waals surface area contributed by atoms with E-state index in [2.05, 4.69) is 19.9 Å². The van der Waals surface area contributed by atoms with Gasteiger partial charge in [-0.05, 0) is 13.8 Å².